The number of hydrogen-bond acceptors (Lipinski definition) is 1. The van der Waals surface area contributed by atoms with E-state index in [-0.39, 0.29) is 5.91 Å². The highest BCUT2D eigenvalue weighted by Crippen LogP contribution is 2.35. The Kier molecular flexibility index (Phi) is 4.75. The van der Waals surface area contributed by atoms with Gasteiger partial charge in [0.25, 0.3) is 0 Å². The summed E-state index contributed by atoms with van der Waals surface area (Å²) in [6.45, 7) is 17.3. The molecule has 0 N–H and O–H groups in total. The standard InChI is InChI=1S/C24H30N2O/c1-15-9-17(3)21(18(4)10-15)25-13-24(7,8)23(27)26(14-25)22-19(5)11-16(2)12-20(22)6/h9-12H,13H2,1-8H3. The largest absolute Gasteiger partial charge is 0.308 e. The number of benzene rings is 2. The minimum Gasteiger partial charge on any atom is -0.308 e. The topological polar surface area (TPSA) is 23.3 Å². The first-order valence-corrected chi connectivity index (χ1v) is 9.55. The van der Waals surface area contributed by atoms with Crippen molar-refractivity contribution in [2.24, 2.45) is 5.41 Å². The van der Waals surface area contributed by atoms with Crippen molar-refractivity contribution >= 4 is 23.6 Å². The van der Waals surface area contributed by atoms with Crippen LogP contribution >= 0.6 is 0 Å². The number of carbonyl (C=O) groups excluding carboxylic acids is 1. The van der Waals surface area contributed by atoms with Crippen molar-refractivity contribution in [1.29, 1.82) is 0 Å². The predicted octanol–water partition coefficient (Wildman–Crippen LogP) is 5.16. The summed E-state index contributed by atoms with van der Waals surface area (Å²) in [5.74, 6) is 0.0937. The molecule has 1 amide bonds. The maximum atomic E-state index is 13.3. The summed E-state index contributed by atoms with van der Waals surface area (Å²) < 4.78 is 2.13. The van der Waals surface area contributed by atoms with Crippen LogP contribution in [0.4, 0.5) is 11.4 Å². The van der Waals surface area contributed by atoms with Gasteiger partial charge >= 0.3 is 0 Å². The van der Waals surface area contributed by atoms with E-state index in [0.29, 0.717) is 6.54 Å². The van der Waals surface area contributed by atoms with Crippen LogP contribution in [-0.2, 0) is 4.79 Å². The van der Waals surface area contributed by atoms with Crippen molar-refractivity contribution in [2.75, 3.05) is 11.4 Å². The van der Waals surface area contributed by atoms with E-state index in [1.165, 1.54) is 22.3 Å². The highest BCUT2D eigenvalue weighted by molar-refractivity contribution is 6.11. The second-order valence-electron chi connectivity index (χ2n) is 8.71. The molecule has 1 aliphatic rings. The van der Waals surface area contributed by atoms with Crippen LogP contribution < -0.4 is 4.90 Å². The van der Waals surface area contributed by atoms with Gasteiger partial charge in [0.2, 0.25) is 12.2 Å². The summed E-state index contributed by atoms with van der Waals surface area (Å²) in [7, 11) is 0. The Labute approximate surface area is 163 Å². The smallest absolute Gasteiger partial charge is 0.247 e. The maximum Gasteiger partial charge on any atom is 0.247 e. The fourth-order valence-electron chi connectivity index (χ4n) is 4.37. The van der Waals surface area contributed by atoms with Crippen molar-refractivity contribution in [1.82, 2.24) is 0 Å². The summed E-state index contributed by atoms with van der Waals surface area (Å²) in [6, 6.07) is 8.65. The zero-order valence-corrected chi connectivity index (χ0v) is 17.8. The Morgan fingerprint density at radius 1 is 0.852 bits per heavy atom. The number of amides is 1. The van der Waals surface area contributed by atoms with E-state index < -0.39 is 5.41 Å². The lowest BCUT2D eigenvalue weighted by molar-refractivity contribution is -0.454. The van der Waals surface area contributed by atoms with Crippen LogP contribution in [0.3, 0.4) is 0 Å². The number of aryl methyl sites for hydroxylation is 6. The quantitative estimate of drug-likeness (QED) is 0.535. The molecule has 0 spiro atoms. The molecule has 0 aromatic heterocycles. The first-order valence-electron chi connectivity index (χ1n) is 9.55. The Balaban J connectivity index is 2.23. The molecule has 0 fully saturated rings. The van der Waals surface area contributed by atoms with Crippen LogP contribution in [0.5, 0.6) is 0 Å². The molecule has 2 aromatic carbocycles. The van der Waals surface area contributed by atoms with Gasteiger partial charge in [-0.3, -0.25) is 4.90 Å². The average Bonchev–Trinajstić information content (AvgIpc) is 2.49. The van der Waals surface area contributed by atoms with Crippen LogP contribution in [0.15, 0.2) is 24.3 Å². The molecule has 0 bridgehead atoms. The molecule has 142 valence electrons. The third-order valence-corrected chi connectivity index (χ3v) is 5.32. The molecular formula is C24H30N2O. The van der Waals surface area contributed by atoms with Gasteiger partial charge < -0.3 is 9.37 Å². The van der Waals surface area contributed by atoms with Crippen molar-refractivity contribution in [2.45, 2.75) is 55.4 Å². The third kappa shape index (κ3) is 3.43. The van der Waals surface area contributed by atoms with Gasteiger partial charge in [-0.2, -0.15) is 0 Å². The van der Waals surface area contributed by atoms with Gasteiger partial charge in [0.05, 0.1) is 23.3 Å². The molecule has 1 heterocycles. The van der Waals surface area contributed by atoms with Gasteiger partial charge in [-0.25, -0.2) is 0 Å². The Morgan fingerprint density at radius 3 is 1.78 bits per heavy atom. The van der Waals surface area contributed by atoms with E-state index in [1.807, 2.05) is 13.8 Å². The van der Waals surface area contributed by atoms with Crippen LogP contribution in [0, 0.1) is 47.0 Å². The zero-order valence-electron chi connectivity index (χ0n) is 17.8. The second-order valence-corrected chi connectivity index (χ2v) is 8.71. The molecule has 0 atom stereocenters. The van der Waals surface area contributed by atoms with Gasteiger partial charge in [-0.15, -0.1) is 0 Å². The van der Waals surface area contributed by atoms with Gasteiger partial charge in [0, 0.05) is 0 Å². The first kappa shape index (κ1) is 19.3. The molecule has 0 saturated carbocycles. The first-order chi connectivity index (χ1) is 12.5. The number of anilines is 1. The van der Waals surface area contributed by atoms with Crippen LogP contribution in [-0.4, -0.2) is 23.4 Å². The molecule has 2 aromatic rings. The highest BCUT2D eigenvalue weighted by Gasteiger charge is 2.39. The Bertz CT molecular complexity index is 920. The zero-order chi connectivity index (χ0) is 20.1. The third-order valence-electron chi connectivity index (χ3n) is 5.32. The van der Waals surface area contributed by atoms with E-state index in [0.717, 1.165) is 22.5 Å². The van der Waals surface area contributed by atoms with Gasteiger partial charge in [-0.1, -0.05) is 49.2 Å². The van der Waals surface area contributed by atoms with E-state index in [1.54, 1.807) is 4.90 Å². The van der Waals surface area contributed by atoms with Crippen LogP contribution in [0.2, 0.25) is 0 Å². The minimum atomic E-state index is -0.501. The average molecular weight is 363 g/mol. The van der Waals surface area contributed by atoms with E-state index in [9.17, 15) is 4.79 Å². The second kappa shape index (κ2) is 6.63. The molecule has 1 aliphatic heterocycles. The van der Waals surface area contributed by atoms with Crippen molar-refractivity contribution in [3.05, 3.63) is 57.6 Å². The summed E-state index contributed by atoms with van der Waals surface area (Å²) in [4.78, 5) is 15.0. The molecule has 0 unspecified atom stereocenters. The number of rotatable bonds is 2. The summed E-state index contributed by atoms with van der Waals surface area (Å²) >= 11 is 0. The molecule has 0 saturated heterocycles. The number of hydrogen-bond donors (Lipinski definition) is 0. The highest BCUT2D eigenvalue weighted by atomic mass is 16.2. The van der Waals surface area contributed by atoms with E-state index in [4.69, 9.17) is 0 Å². The maximum absolute atomic E-state index is 13.3. The van der Waals surface area contributed by atoms with Crippen molar-refractivity contribution < 1.29 is 9.37 Å². The molecule has 0 radical (unpaired) electrons. The van der Waals surface area contributed by atoms with Crippen molar-refractivity contribution in [3.63, 3.8) is 0 Å². The Hall–Kier alpha value is -2.42. The summed E-state index contributed by atoms with van der Waals surface area (Å²) in [6.07, 6.45) is 3.41. The molecule has 3 rings (SSSR count). The molecule has 3 nitrogen and oxygen atoms in total. The van der Waals surface area contributed by atoms with Gasteiger partial charge in [0.1, 0.15) is 0 Å². The van der Waals surface area contributed by atoms with E-state index >= 15 is 0 Å². The molecule has 0 aliphatic carbocycles. The summed E-state index contributed by atoms with van der Waals surface area (Å²) in [5, 5.41) is 0. The van der Waals surface area contributed by atoms with Crippen molar-refractivity contribution in [3.8, 4) is 0 Å². The molecule has 27 heavy (non-hydrogen) atoms. The minimum absolute atomic E-state index is 0.0937. The van der Waals surface area contributed by atoms with Gasteiger partial charge in [-0.05, 0) is 63.8 Å². The monoisotopic (exact) mass is 362 g/mol. The fourth-order valence-corrected chi connectivity index (χ4v) is 4.37. The lowest BCUT2D eigenvalue weighted by atomic mass is 9.88. The lowest BCUT2D eigenvalue weighted by Crippen LogP contribution is -2.51. The predicted molar refractivity (Wildman–Crippen MR) is 112 cm³/mol. The van der Waals surface area contributed by atoms with Crippen LogP contribution in [0.25, 0.3) is 0 Å². The normalized spacial score (nSPS) is 16.5. The van der Waals surface area contributed by atoms with E-state index in [2.05, 4.69) is 76.7 Å². The Morgan fingerprint density at radius 2 is 1.30 bits per heavy atom. The van der Waals surface area contributed by atoms with Gasteiger partial charge in [0.15, 0.2) is 0 Å². The van der Waals surface area contributed by atoms with Crippen LogP contribution in [0.1, 0.15) is 47.2 Å². The fraction of sp³-hybridized carbons (Fsp3) is 0.417. The lowest BCUT2D eigenvalue weighted by Gasteiger charge is -2.38. The molecule has 3 heteroatoms. The number of carbonyl (C=O) groups is 1. The molecular weight excluding hydrogens is 332 g/mol. The summed E-state index contributed by atoms with van der Waals surface area (Å²) in [5.41, 5.74) is 8.68. The number of nitrogens with zero attached hydrogens (tertiary/aromatic N) is 2. The SMILES string of the molecule is Cc1cc(C)c(N2[C-]=[N+](c3c(C)cc(C)cc3C)CC(C)(C)C2=O)c(C)c1.